The van der Waals surface area contributed by atoms with E-state index in [0.29, 0.717) is 6.42 Å². The largest absolute Gasteiger partial charge is 0.389 e. The van der Waals surface area contributed by atoms with Gasteiger partial charge in [-0.05, 0) is 23.5 Å². The quantitative estimate of drug-likeness (QED) is 0.754. The first-order chi connectivity index (χ1) is 7.44. The molecule has 1 aliphatic rings. The van der Waals surface area contributed by atoms with Gasteiger partial charge in [0.05, 0.1) is 13.2 Å². The third-order valence-electron chi connectivity index (χ3n) is 2.83. The van der Waals surface area contributed by atoms with Crippen LogP contribution in [0.25, 0.3) is 0 Å². The highest BCUT2D eigenvalue weighted by atomic mass is 16.3. The van der Waals surface area contributed by atoms with E-state index in [1.807, 2.05) is 6.08 Å². The average Bonchev–Trinajstić information content (AvgIpc) is 2.46. The summed E-state index contributed by atoms with van der Waals surface area (Å²) in [6.07, 6.45) is 4.10. The fourth-order valence-corrected chi connectivity index (χ4v) is 2.36. The first-order valence-electron chi connectivity index (χ1n) is 5.55. The molecule has 2 rings (SSSR count). The van der Waals surface area contributed by atoms with E-state index in [9.17, 15) is 5.11 Å². The van der Waals surface area contributed by atoms with Crippen LogP contribution in [0, 0.1) is 5.41 Å². The van der Waals surface area contributed by atoms with Crippen LogP contribution in [0.15, 0.2) is 11.6 Å². The normalized spacial score (nSPS) is 24.2. The summed E-state index contributed by atoms with van der Waals surface area (Å²) in [4.78, 5) is 1.46. The smallest absolute Gasteiger partial charge is 0.178 e. The molecule has 0 bridgehead atoms. The van der Waals surface area contributed by atoms with E-state index in [0.717, 1.165) is 18.7 Å². The summed E-state index contributed by atoms with van der Waals surface area (Å²) < 4.78 is 0. The molecule has 1 atom stereocenters. The Kier molecular flexibility index (Phi) is 2.80. The second-order valence-electron chi connectivity index (χ2n) is 5.31. The van der Waals surface area contributed by atoms with Gasteiger partial charge >= 0.3 is 0 Å². The minimum Gasteiger partial charge on any atom is -0.389 e. The Balaban J connectivity index is 2.10. The lowest BCUT2D eigenvalue weighted by Crippen LogP contribution is -2.25. The molecule has 1 aliphatic carbocycles. The number of tetrazole rings is 1. The number of allylic oxidation sites excluding steroid dienone is 1. The number of rotatable bonds is 2. The highest BCUT2D eigenvalue weighted by Crippen LogP contribution is 2.36. The van der Waals surface area contributed by atoms with Crippen molar-refractivity contribution in [3.05, 3.63) is 17.5 Å². The maximum atomic E-state index is 9.76. The topological polar surface area (TPSA) is 63.8 Å². The number of hydrogen-bond acceptors (Lipinski definition) is 4. The molecule has 1 aromatic rings. The van der Waals surface area contributed by atoms with Crippen LogP contribution < -0.4 is 0 Å². The van der Waals surface area contributed by atoms with Crippen LogP contribution >= 0.6 is 0 Å². The minimum absolute atomic E-state index is 0.158. The predicted octanol–water partition coefficient (Wildman–Crippen LogP) is 0.860. The highest BCUT2D eigenvalue weighted by Gasteiger charge is 2.27. The van der Waals surface area contributed by atoms with Crippen molar-refractivity contribution in [3.8, 4) is 0 Å². The lowest BCUT2D eigenvalue weighted by atomic mass is 9.75. The van der Waals surface area contributed by atoms with E-state index in [1.54, 1.807) is 7.05 Å². The summed E-state index contributed by atoms with van der Waals surface area (Å²) >= 11 is 0. The maximum absolute atomic E-state index is 9.76. The molecule has 0 aliphatic heterocycles. The van der Waals surface area contributed by atoms with Crippen LogP contribution in [0.1, 0.15) is 32.5 Å². The molecule has 88 valence electrons. The van der Waals surface area contributed by atoms with Gasteiger partial charge in [0.1, 0.15) is 0 Å². The van der Waals surface area contributed by atoms with E-state index >= 15 is 0 Å². The van der Waals surface area contributed by atoms with Gasteiger partial charge in [0.2, 0.25) is 0 Å². The standard InChI is InChI=1S/C11H18N4O/c1-11(2)6-8(4-9(16)7-11)5-10-12-14-15(3)13-10/h4,9,16H,5-7H2,1-3H3. The number of aryl methyl sites for hydroxylation is 1. The van der Waals surface area contributed by atoms with E-state index in [-0.39, 0.29) is 11.5 Å². The Morgan fingerprint density at radius 2 is 2.31 bits per heavy atom. The number of aliphatic hydroxyl groups is 1. The molecule has 0 aromatic carbocycles. The Morgan fingerprint density at radius 1 is 1.56 bits per heavy atom. The zero-order valence-corrected chi connectivity index (χ0v) is 10.0. The molecule has 5 heteroatoms. The molecule has 0 fully saturated rings. The Morgan fingerprint density at radius 3 is 2.88 bits per heavy atom. The van der Waals surface area contributed by atoms with Gasteiger partial charge in [0, 0.05) is 6.42 Å². The molecule has 5 nitrogen and oxygen atoms in total. The SMILES string of the molecule is Cn1nnc(CC2=CC(O)CC(C)(C)C2)n1. The second kappa shape index (κ2) is 3.97. The molecule has 1 aromatic heterocycles. The summed E-state index contributed by atoms with van der Waals surface area (Å²) in [7, 11) is 1.75. The number of hydrogen-bond donors (Lipinski definition) is 1. The van der Waals surface area contributed by atoms with Gasteiger partial charge in [-0.2, -0.15) is 4.80 Å². The average molecular weight is 222 g/mol. The lowest BCUT2D eigenvalue weighted by Gasteiger charge is -2.32. The van der Waals surface area contributed by atoms with Crippen molar-refractivity contribution in [2.45, 2.75) is 39.2 Å². The number of aliphatic hydroxyl groups excluding tert-OH is 1. The molecular formula is C11H18N4O. The Labute approximate surface area is 95.2 Å². The van der Waals surface area contributed by atoms with Crippen molar-refractivity contribution < 1.29 is 5.11 Å². The van der Waals surface area contributed by atoms with Gasteiger partial charge in [-0.1, -0.05) is 25.5 Å². The van der Waals surface area contributed by atoms with Gasteiger partial charge in [-0.15, -0.1) is 10.2 Å². The van der Waals surface area contributed by atoms with E-state index < -0.39 is 0 Å². The lowest BCUT2D eigenvalue weighted by molar-refractivity contribution is 0.138. The van der Waals surface area contributed by atoms with Crippen LogP contribution in [0.4, 0.5) is 0 Å². The molecule has 0 amide bonds. The molecule has 1 N–H and O–H groups in total. The first kappa shape index (κ1) is 11.3. The van der Waals surface area contributed by atoms with E-state index in [1.165, 1.54) is 10.4 Å². The summed E-state index contributed by atoms with van der Waals surface area (Å²) in [5.74, 6) is 0.721. The van der Waals surface area contributed by atoms with Gasteiger partial charge < -0.3 is 5.11 Å². The first-order valence-corrected chi connectivity index (χ1v) is 5.55. The molecular weight excluding hydrogens is 204 g/mol. The molecule has 1 heterocycles. The third-order valence-corrected chi connectivity index (χ3v) is 2.83. The van der Waals surface area contributed by atoms with Crippen LogP contribution in [-0.4, -0.2) is 31.4 Å². The van der Waals surface area contributed by atoms with Crippen LogP contribution in [0.5, 0.6) is 0 Å². The van der Waals surface area contributed by atoms with Crippen molar-refractivity contribution in [2.75, 3.05) is 0 Å². The van der Waals surface area contributed by atoms with Gasteiger partial charge in [-0.3, -0.25) is 0 Å². The minimum atomic E-state index is -0.338. The third kappa shape index (κ3) is 2.66. The van der Waals surface area contributed by atoms with Crippen molar-refractivity contribution in [1.82, 2.24) is 20.2 Å². The van der Waals surface area contributed by atoms with Crippen LogP contribution in [-0.2, 0) is 13.5 Å². The summed E-state index contributed by atoms with van der Waals surface area (Å²) in [6, 6.07) is 0. The van der Waals surface area contributed by atoms with E-state index in [2.05, 4.69) is 29.3 Å². The Hall–Kier alpha value is -1.23. The molecule has 0 saturated heterocycles. The highest BCUT2D eigenvalue weighted by molar-refractivity contribution is 5.16. The number of aromatic nitrogens is 4. The predicted molar refractivity (Wildman–Crippen MR) is 59.6 cm³/mol. The maximum Gasteiger partial charge on any atom is 0.178 e. The van der Waals surface area contributed by atoms with Crippen LogP contribution in [0.3, 0.4) is 0 Å². The second-order valence-corrected chi connectivity index (χ2v) is 5.31. The summed E-state index contributed by atoms with van der Waals surface area (Å²) in [5.41, 5.74) is 1.36. The van der Waals surface area contributed by atoms with Crippen LogP contribution in [0.2, 0.25) is 0 Å². The number of nitrogens with zero attached hydrogens (tertiary/aromatic N) is 4. The fourth-order valence-electron chi connectivity index (χ4n) is 2.36. The fraction of sp³-hybridized carbons (Fsp3) is 0.727. The van der Waals surface area contributed by atoms with Crippen molar-refractivity contribution >= 4 is 0 Å². The van der Waals surface area contributed by atoms with Crippen molar-refractivity contribution in [2.24, 2.45) is 12.5 Å². The van der Waals surface area contributed by atoms with Gasteiger partial charge in [0.15, 0.2) is 5.82 Å². The van der Waals surface area contributed by atoms with Gasteiger partial charge in [-0.25, -0.2) is 0 Å². The van der Waals surface area contributed by atoms with Gasteiger partial charge in [0.25, 0.3) is 0 Å². The Bertz CT molecular complexity index is 408. The zero-order chi connectivity index (χ0) is 11.8. The molecule has 0 radical (unpaired) electrons. The molecule has 16 heavy (non-hydrogen) atoms. The molecule has 1 unspecified atom stereocenters. The zero-order valence-electron chi connectivity index (χ0n) is 10.0. The van der Waals surface area contributed by atoms with Crippen molar-refractivity contribution in [1.29, 1.82) is 0 Å². The summed E-state index contributed by atoms with van der Waals surface area (Å²) in [5, 5.41) is 21.7. The molecule has 0 saturated carbocycles. The monoisotopic (exact) mass is 222 g/mol. The van der Waals surface area contributed by atoms with Crippen molar-refractivity contribution in [3.63, 3.8) is 0 Å². The summed E-state index contributed by atoms with van der Waals surface area (Å²) in [6.45, 7) is 4.35. The molecule has 0 spiro atoms. The van der Waals surface area contributed by atoms with E-state index in [4.69, 9.17) is 0 Å².